The van der Waals surface area contributed by atoms with Gasteiger partial charge in [0.2, 0.25) is 5.91 Å². The average Bonchev–Trinajstić information content (AvgIpc) is 3.25. The molecule has 0 saturated carbocycles. The third-order valence-corrected chi connectivity index (χ3v) is 6.41. The van der Waals surface area contributed by atoms with Gasteiger partial charge in [-0.3, -0.25) is 14.7 Å². The molecule has 5 nitrogen and oxygen atoms in total. The summed E-state index contributed by atoms with van der Waals surface area (Å²) in [6.45, 7) is 4.25. The van der Waals surface area contributed by atoms with Crippen molar-refractivity contribution in [3.63, 3.8) is 0 Å². The van der Waals surface area contributed by atoms with Gasteiger partial charge in [0.25, 0.3) is 0 Å². The van der Waals surface area contributed by atoms with Crippen LogP contribution in [-0.4, -0.2) is 33.9 Å². The molecule has 4 rings (SSSR count). The zero-order valence-corrected chi connectivity index (χ0v) is 17.7. The number of rotatable bonds is 6. The van der Waals surface area contributed by atoms with Crippen LogP contribution in [0.1, 0.15) is 36.4 Å². The molecule has 0 radical (unpaired) electrons. The summed E-state index contributed by atoms with van der Waals surface area (Å²) in [5.41, 5.74) is 2.79. The lowest BCUT2D eigenvalue weighted by molar-refractivity contribution is -0.127. The lowest BCUT2D eigenvalue weighted by Gasteiger charge is -2.32. The number of pyridine rings is 1. The van der Waals surface area contributed by atoms with Crippen LogP contribution >= 0.6 is 11.3 Å². The molecule has 3 heterocycles. The van der Waals surface area contributed by atoms with Crippen molar-refractivity contribution in [3.8, 4) is 11.3 Å². The Labute approximate surface area is 180 Å². The van der Waals surface area contributed by atoms with Gasteiger partial charge in [-0.05, 0) is 56.1 Å². The van der Waals surface area contributed by atoms with Crippen molar-refractivity contribution in [2.45, 2.75) is 32.4 Å². The molecule has 1 aromatic carbocycles. The molecule has 0 spiro atoms. The van der Waals surface area contributed by atoms with Crippen molar-refractivity contribution < 1.29 is 9.18 Å². The maximum absolute atomic E-state index is 13.4. The van der Waals surface area contributed by atoms with Gasteiger partial charge in [0.15, 0.2) is 0 Å². The summed E-state index contributed by atoms with van der Waals surface area (Å²) in [6, 6.07) is 10.4. The second-order valence-corrected chi connectivity index (χ2v) is 8.64. The summed E-state index contributed by atoms with van der Waals surface area (Å²) in [6.07, 6.45) is 5.36. The first-order valence-electron chi connectivity index (χ1n) is 10.2. The van der Waals surface area contributed by atoms with E-state index in [1.165, 1.54) is 6.07 Å². The van der Waals surface area contributed by atoms with Crippen LogP contribution in [-0.2, 0) is 11.3 Å². The summed E-state index contributed by atoms with van der Waals surface area (Å²) in [5, 5.41) is 6.01. The van der Waals surface area contributed by atoms with Gasteiger partial charge in [-0.1, -0.05) is 12.1 Å². The summed E-state index contributed by atoms with van der Waals surface area (Å²) >= 11 is 1.55. The van der Waals surface area contributed by atoms with Gasteiger partial charge in [0.1, 0.15) is 10.8 Å². The molecular weight excluding hydrogens is 399 g/mol. The van der Waals surface area contributed by atoms with Crippen molar-refractivity contribution in [3.05, 3.63) is 70.6 Å². The zero-order valence-electron chi connectivity index (χ0n) is 16.9. The molecule has 1 fully saturated rings. The predicted octanol–water partition coefficient (Wildman–Crippen LogP) is 4.43. The Kier molecular flexibility index (Phi) is 6.50. The molecule has 2 atom stereocenters. The second kappa shape index (κ2) is 9.45. The second-order valence-electron chi connectivity index (χ2n) is 7.75. The highest BCUT2D eigenvalue weighted by Gasteiger charge is 2.27. The fourth-order valence-electron chi connectivity index (χ4n) is 3.83. The Hall–Kier alpha value is -2.64. The van der Waals surface area contributed by atoms with Crippen molar-refractivity contribution in [2.75, 3.05) is 13.1 Å². The third kappa shape index (κ3) is 5.09. The Balaban J connectivity index is 1.34. The van der Waals surface area contributed by atoms with Crippen LogP contribution in [0.15, 0.2) is 54.2 Å². The number of carbonyl (C=O) groups excluding carboxylic acids is 1. The lowest BCUT2D eigenvalue weighted by atomic mass is 9.96. The first-order valence-corrected chi connectivity index (χ1v) is 11.1. The van der Waals surface area contributed by atoms with Crippen molar-refractivity contribution >= 4 is 17.2 Å². The smallest absolute Gasteiger partial charge is 0.224 e. The van der Waals surface area contributed by atoms with E-state index >= 15 is 0 Å². The first kappa shape index (κ1) is 20.6. The number of likely N-dealkylation sites (tertiary alicyclic amines) is 1. The molecule has 156 valence electrons. The van der Waals surface area contributed by atoms with Crippen molar-refractivity contribution in [1.82, 2.24) is 20.2 Å². The van der Waals surface area contributed by atoms with Crippen LogP contribution in [0.4, 0.5) is 4.39 Å². The highest BCUT2D eigenvalue weighted by Crippen LogP contribution is 2.26. The van der Waals surface area contributed by atoms with Crippen LogP contribution in [0.3, 0.4) is 0 Å². The lowest BCUT2D eigenvalue weighted by Crippen LogP contribution is -2.43. The first-order chi connectivity index (χ1) is 14.6. The number of thiazole rings is 1. The Morgan fingerprint density at radius 3 is 3.07 bits per heavy atom. The molecule has 30 heavy (non-hydrogen) atoms. The minimum absolute atomic E-state index is 0.0598. The summed E-state index contributed by atoms with van der Waals surface area (Å²) < 4.78 is 13.4. The number of aromatic nitrogens is 2. The van der Waals surface area contributed by atoms with E-state index in [9.17, 15) is 9.18 Å². The maximum Gasteiger partial charge on any atom is 0.224 e. The normalized spacial score (nSPS) is 18.1. The van der Waals surface area contributed by atoms with Gasteiger partial charge in [0, 0.05) is 36.4 Å². The average molecular weight is 425 g/mol. The van der Waals surface area contributed by atoms with Crippen LogP contribution in [0.2, 0.25) is 0 Å². The van der Waals surface area contributed by atoms with Gasteiger partial charge in [0.05, 0.1) is 17.7 Å². The highest BCUT2D eigenvalue weighted by atomic mass is 32.1. The minimum atomic E-state index is -0.221. The van der Waals surface area contributed by atoms with Gasteiger partial charge in [-0.25, -0.2) is 9.37 Å². The van der Waals surface area contributed by atoms with E-state index in [1.54, 1.807) is 35.9 Å². The number of amides is 1. The molecule has 3 aromatic rings. The topological polar surface area (TPSA) is 58.1 Å². The highest BCUT2D eigenvalue weighted by molar-refractivity contribution is 7.10. The zero-order chi connectivity index (χ0) is 20.9. The fraction of sp³-hybridized carbons (Fsp3) is 0.348. The van der Waals surface area contributed by atoms with E-state index in [0.29, 0.717) is 13.1 Å². The third-order valence-electron chi connectivity index (χ3n) is 5.38. The van der Waals surface area contributed by atoms with E-state index in [-0.39, 0.29) is 23.7 Å². The van der Waals surface area contributed by atoms with Crippen molar-refractivity contribution in [2.24, 2.45) is 5.92 Å². The molecule has 1 N–H and O–H groups in total. The van der Waals surface area contributed by atoms with E-state index in [2.05, 4.69) is 20.2 Å². The SMILES string of the molecule is CC(NC(=O)C1CCCN(Cc2cccc(F)c2)C1)c1nc(-c2cccnc2)cs1. The Morgan fingerprint density at radius 1 is 1.37 bits per heavy atom. The number of piperidine rings is 1. The van der Waals surface area contributed by atoms with Crippen LogP contribution in [0.25, 0.3) is 11.3 Å². The standard InChI is InChI=1S/C23H25FN4OS/c1-16(23-27-21(15-30-23)18-6-3-9-25-12-18)26-22(29)19-7-4-10-28(14-19)13-17-5-2-8-20(24)11-17/h2-3,5-6,8-9,11-12,15-16,19H,4,7,10,13-14H2,1H3,(H,26,29). The van der Waals surface area contributed by atoms with Crippen molar-refractivity contribution in [1.29, 1.82) is 0 Å². The Morgan fingerprint density at radius 2 is 2.27 bits per heavy atom. The molecule has 2 unspecified atom stereocenters. The van der Waals surface area contributed by atoms with E-state index in [4.69, 9.17) is 0 Å². The number of carbonyl (C=O) groups is 1. The van der Waals surface area contributed by atoms with E-state index in [0.717, 1.165) is 41.2 Å². The molecule has 0 bridgehead atoms. The Bertz CT molecular complexity index is 994. The number of benzene rings is 1. The molecule has 2 aromatic heterocycles. The fourth-order valence-corrected chi connectivity index (χ4v) is 4.67. The molecule has 1 aliphatic heterocycles. The van der Waals surface area contributed by atoms with E-state index < -0.39 is 0 Å². The molecule has 0 aliphatic carbocycles. The van der Waals surface area contributed by atoms with Crippen LogP contribution < -0.4 is 5.32 Å². The number of nitrogens with zero attached hydrogens (tertiary/aromatic N) is 3. The number of nitrogens with one attached hydrogen (secondary N) is 1. The number of hydrogen-bond acceptors (Lipinski definition) is 5. The largest absolute Gasteiger partial charge is 0.347 e. The number of halogens is 1. The van der Waals surface area contributed by atoms with Gasteiger partial charge >= 0.3 is 0 Å². The summed E-state index contributed by atoms with van der Waals surface area (Å²) in [4.78, 5) is 23.9. The van der Waals surface area contributed by atoms with Gasteiger partial charge in [-0.15, -0.1) is 11.3 Å². The van der Waals surface area contributed by atoms with Gasteiger partial charge in [-0.2, -0.15) is 0 Å². The molecule has 1 amide bonds. The molecular formula is C23H25FN4OS. The summed E-state index contributed by atoms with van der Waals surface area (Å²) in [7, 11) is 0. The summed E-state index contributed by atoms with van der Waals surface area (Å²) in [5.74, 6) is -0.223. The van der Waals surface area contributed by atoms with Crippen LogP contribution in [0.5, 0.6) is 0 Å². The monoisotopic (exact) mass is 424 g/mol. The molecule has 1 saturated heterocycles. The van der Waals surface area contributed by atoms with Crippen LogP contribution in [0, 0.1) is 11.7 Å². The minimum Gasteiger partial charge on any atom is -0.347 e. The number of hydrogen-bond donors (Lipinski definition) is 1. The molecule has 1 aliphatic rings. The quantitative estimate of drug-likeness (QED) is 0.636. The maximum atomic E-state index is 13.4. The van der Waals surface area contributed by atoms with E-state index in [1.807, 2.05) is 30.5 Å². The van der Waals surface area contributed by atoms with Gasteiger partial charge < -0.3 is 5.32 Å². The molecule has 7 heteroatoms. The predicted molar refractivity (Wildman–Crippen MR) is 116 cm³/mol.